The van der Waals surface area contributed by atoms with E-state index >= 15 is 0 Å². The molecule has 0 unspecified atom stereocenters. The van der Waals surface area contributed by atoms with Crippen LogP contribution in [0.3, 0.4) is 0 Å². The Balaban J connectivity index is 2.06. The predicted molar refractivity (Wildman–Crippen MR) is 64.0 cm³/mol. The fraction of sp³-hybridized carbons (Fsp3) is 0.462. The monoisotopic (exact) mass is 253 g/mol. The quantitative estimate of drug-likeness (QED) is 0.832. The molecule has 1 saturated carbocycles. The fourth-order valence-corrected chi connectivity index (χ4v) is 1.79. The first kappa shape index (κ1) is 12.8. The molecular formula is C13H16FNO3. The number of ether oxygens (including phenoxy) is 1. The number of hydrogen-bond acceptors (Lipinski definition) is 3. The molecule has 0 saturated heterocycles. The SMILES string of the molecule is COc1ccc(F)cc1C(=O)NCC1(CO)CC1. The Kier molecular flexibility index (Phi) is 3.52. The van der Waals surface area contributed by atoms with Crippen molar-refractivity contribution in [3.8, 4) is 5.75 Å². The largest absolute Gasteiger partial charge is 0.496 e. The summed E-state index contributed by atoms with van der Waals surface area (Å²) in [7, 11) is 1.43. The normalized spacial score (nSPS) is 16.2. The number of methoxy groups -OCH3 is 1. The van der Waals surface area contributed by atoms with E-state index in [1.54, 1.807) is 0 Å². The Hall–Kier alpha value is -1.62. The van der Waals surface area contributed by atoms with Gasteiger partial charge in [-0.25, -0.2) is 4.39 Å². The average molecular weight is 253 g/mol. The lowest BCUT2D eigenvalue weighted by molar-refractivity contribution is 0.0931. The average Bonchev–Trinajstić information content (AvgIpc) is 3.16. The summed E-state index contributed by atoms with van der Waals surface area (Å²) in [6, 6.07) is 3.81. The Morgan fingerprint density at radius 2 is 2.28 bits per heavy atom. The van der Waals surface area contributed by atoms with E-state index in [2.05, 4.69) is 5.32 Å². The van der Waals surface area contributed by atoms with E-state index in [0.717, 1.165) is 18.9 Å². The number of rotatable bonds is 5. The molecule has 1 aliphatic carbocycles. The number of hydrogen-bond donors (Lipinski definition) is 2. The van der Waals surface area contributed by atoms with Gasteiger partial charge in [-0.3, -0.25) is 4.79 Å². The zero-order valence-corrected chi connectivity index (χ0v) is 10.2. The Labute approximate surface area is 105 Å². The molecule has 4 nitrogen and oxygen atoms in total. The maximum absolute atomic E-state index is 13.1. The highest BCUT2D eigenvalue weighted by Crippen LogP contribution is 2.44. The zero-order valence-electron chi connectivity index (χ0n) is 10.2. The summed E-state index contributed by atoms with van der Waals surface area (Å²) < 4.78 is 18.1. The number of nitrogens with one attached hydrogen (secondary N) is 1. The van der Waals surface area contributed by atoms with E-state index in [4.69, 9.17) is 9.84 Å². The smallest absolute Gasteiger partial charge is 0.255 e. The van der Waals surface area contributed by atoms with Crippen molar-refractivity contribution in [3.05, 3.63) is 29.6 Å². The van der Waals surface area contributed by atoms with Gasteiger partial charge in [0, 0.05) is 12.0 Å². The van der Waals surface area contributed by atoms with Crippen molar-refractivity contribution in [1.29, 1.82) is 0 Å². The summed E-state index contributed by atoms with van der Waals surface area (Å²) in [6.45, 7) is 0.468. The fourth-order valence-electron chi connectivity index (χ4n) is 1.79. The molecule has 18 heavy (non-hydrogen) atoms. The highest BCUT2D eigenvalue weighted by Gasteiger charge is 2.42. The van der Waals surface area contributed by atoms with Crippen molar-refractivity contribution in [2.75, 3.05) is 20.3 Å². The molecule has 0 radical (unpaired) electrons. The van der Waals surface area contributed by atoms with Crippen LogP contribution in [-0.4, -0.2) is 31.3 Å². The van der Waals surface area contributed by atoms with Crippen LogP contribution in [-0.2, 0) is 0 Å². The molecule has 2 N–H and O–H groups in total. The summed E-state index contributed by atoms with van der Waals surface area (Å²) >= 11 is 0. The van der Waals surface area contributed by atoms with E-state index in [9.17, 15) is 9.18 Å². The van der Waals surface area contributed by atoms with Gasteiger partial charge in [-0.15, -0.1) is 0 Å². The molecule has 1 amide bonds. The Bertz CT molecular complexity index is 458. The van der Waals surface area contributed by atoms with E-state index in [-0.39, 0.29) is 23.5 Å². The lowest BCUT2D eigenvalue weighted by Gasteiger charge is -2.14. The first-order valence-electron chi connectivity index (χ1n) is 5.83. The minimum atomic E-state index is -0.482. The second-order valence-electron chi connectivity index (χ2n) is 4.69. The molecule has 0 spiro atoms. The van der Waals surface area contributed by atoms with Crippen LogP contribution in [0.1, 0.15) is 23.2 Å². The van der Waals surface area contributed by atoms with Crippen LogP contribution in [0.2, 0.25) is 0 Å². The Morgan fingerprint density at radius 3 is 2.83 bits per heavy atom. The van der Waals surface area contributed by atoms with Gasteiger partial charge < -0.3 is 15.2 Å². The van der Waals surface area contributed by atoms with Gasteiger partial charge in [0.1, 0.15) is 11.6 Å². The zero-order chi connectivity index (χ0) is 13.2. The van der Waals surface area contributed by atoms with Crippen LogP contribution in [0.25, 0.3) is 0 Å². The summed E-state index contributed by atoms with van der Waals surface area (Å²) in [6.07, 6.45) is 1.81. The van der Waals surface area contributed by atoms with Crippen LogP contribution in [0, 0.1) is 11.2 Å². The van der Waals surface area contributed by atoms with Crippen LogP contribution >= 0.6 is 0 Å². The van der Waals surface area contributed by atoms with Crippen LogP contribution in [0.15, 0.2) is 18.2 Å². The van der Waals surface area contributed by atoms with Gasteiger partial charge in [0.05, 0.1) is 19.3 Å². The maximum atomic E-state index is 13.1. The van der Waals surface area contributed by atoms with Crippen molar-refractivity contribution in [3.63, 3.8) is 0 Å². The number of aliphatic hydroxyl groups excluding tert-OH is 1. The van der Waals surface area contributed by atoms with E-state index in [1.807, 2.05) is 0 Å². The van der Waals surface area contributed by atoms with Crippen LogP contribution in [0.5, 0.6) is 5.75 Å². The number of carbonyl (C=O) groups excluding carboxylic acids is 1. The van der Waals surface area contributed by atoms with E-state index < -0.39 is 5.82 Å². The second-order valence-corrected chi connectivity index (χ2v) is 4.69. The van der Waals surface area contributed by atoms with Gasteiger partial charge in [0.25, 0.3) is 5.91 Å². The van der Waals surface area contributed by atoms with Gasteiger partial charge in [0.15, 0.2) is 0 Å². The van der Waals surface area contributed by atoms with E-state index in [1.165, 1.54) is 19.2 Å². The van der Waals surface area contributed by atoms with Crippen LogP contribution in [0.4, 0.5) is 4.39 Å². The standard InChI is InChI=1S/C13H16FNO3/c1-18-11-3-2-9(14)6-10(11)12(17)15-7-13(8-16)4-5-13/h2-3,6,16H,4-5,7-8H2,1H3,(H,15,17). The number of amides is 1. The summed E-state index contributed by atoms with van der Waals surface area (Å²) in [5.41, 5.74) is 0.00203. The van der Waals surface area contributed by atoms with Gasteiger partial charge in [-0.05, 0) is 31.0 Å². The third kappa shape index (κ3) is 2.61. The number of halogens is 1. The molecule has 1 aliphatic rings. The molecule has 0 heterocycles. The lowest BCUT2D eigenvalue weighted by Crippen LogP contribution is -2.32. The lowest BCUT2D eigenvalue weighted by atomic mass is 10.1. The van der Waals surface area contributed by atoms with Crippen molar-refractivity contribution in [2.24, 2.45) is 5.41 Å². The topological polar surface area (TPSA) is 58.6 Å². The van der Waals surface area contributed by atoms with Crippen molar-refractivity contribution < 1.29 is 19.0 Å². The first-order chi connectivity index (χ1) is 8.60. The highest BCUT2D eigenvalue weighted by atomic mass is 19.1. The van der Waals surface area contributed by atoms with Gasteiger partial charge >= 0.3 is 0 Å². The number of carbonyl (C=O) groups is 1. The molecular weight excluding hydrogens is 237 g/mol. The molecule has 0 atom stereocenters. The molecule has 1 aromatic rings. The molecule has 5 heteroatoms. The van der Waals surface area contributed by atoms with Gasteiger partial charge in [-0.1, -0.05) is 0 Å². The molecule has 2 rings (SSSR count). The molecule has 0 aromatic heterocycles. The predicted octanol–water partition coefficient (Wildman–Crippen LogP) is 1.34. The molecule has 0 bridgehead atoms. The molecule has 0 aliphatic heterocycles. The van der Waals surface area contributed by atoms with Crippen molar-refractivity contribution >= 4 is 5.91 Å². The first-order valence-corrected chi connectivity index (χ1v) is 5.83. The molecule has 1 aromatic carbocycles. The third-order valence-electron chi connectivity index (χ3n) is 3.32. The van der Waals surface area contributed by atoms with E-state index in [0.29, 0.717) is 12.3 Å². The maximum Gasteiger partial charge on any atom is 0.255 e. The third-order valence-corrected chi connectivity index (χ3v) is 3.32. The summed E-state index contributed by atoms with van der Waals surface area (Å²) in [5, 5.41) is 11.9. The van der Waals surface area contributed by atoms with Crippen molar-refractivity contribution in [1.82, 2.24) is 5.32 Å². The Morgan fingerprint density at radius 1 is 1.56 bits per heavy atom. The summed E-state index contributed by atoms with van der Waals surface area (Å²) in [4.78, 5) is 11.9. The van der Waals surface area contributed by atoms with Gasteiger partial charge in [0.2, 0.25) is 0 Å². The molecule has 98 valence electrons. The highest BCUT2D eigenvalue weighted by molar-refractivity contribution is 5.97. The minimum absolute atomic E-state index is 0.0631. The second kappa shape index (κ2) is 4.94. The summed E-state index contributed by atoms with van der Waals surface area (Å²) in [5.74, 6) is -0.530. The minimum Gasteiger partial charge on any atom is -0.496 e. The number of aliphatic hydroxyl groups is 1. The number of benzene rings is 1. The molecule has 1 fully saturated rings. The van der Waals surface area contributed by atoms with Crippen molar-refractivity contribution in [2.45, 2.75) is 12.8 Å². The van der Waals surface area contributed by atoms with Crippen LogP contribution < -0.4 is 10.1 Å². The van der Waals surface area contributed by atoms with Gasteiger partial charge in [-0.2, -0.15) is 0 Å².